The van der Waals surface area contributed by atoms with Crippen LogP contribution in [0.1, 0.15) is 99.4 Å². The highest BCUT2D eigenvalue weighted by molar-refractivity contribution is 5.99. The van der Waals surface area contributed by atoms with Gasteiger partial charge < -0.3 is 58.7 Å². The van der Waals surface area contributed by atoms with Gasteiger partial charge in [-0.1, -0.05) is 0 Å². The van der Waals surface area contributed by atoms with Crippen LogP contribution in [0.2, 0.25) is 0 Å². The molecule has 4 heterocycles. The molecule has 2 aliphatic heterocycles. The number of fused-ring (bicyclic) bond motifs is 2. The van der Waals surface area contributed by atoms with Crippen LogP contribution in [-0.4, -0.2) is 158 Å². The monoisotopic (exact) mass is 1140 g/mol. The summed E-state index contributed by atoms with van der Waals surface area (Å²) in [5, 5.41) is 5.61. The lowest BCUT2D eigenvalue weighted by molar-refractivity contribution is 0.0290. The summed E-state index contributed by atoms with van der Waals surface area (Å²) in [6.45, 7) is 19.8. The molecule has 0 spiro atoms. The van der Waals surface area contributed by atoms with Crippen molar-refractivity contribution in [1.29, 1.82) is 0 Å². The van der Waals surface area contributed by atoms with E-state index in [9.17, 15) is 36.7 Å². The summed E-state index contributed by atoms with van der Waals surface area (Å²) in [6, 6.07) is 12.4. The molecule has 6 aromatic rings. The van der Waals surface area contributed by atoms with E-state index in [1.807, 2.05) is 0 Å². The van der Waals surface area contributed by atoms with Crippen molar-refractivity contribution < 1.29 is 65.2 Å². The third-order valence-electron chi connectivity index (χ3n) is 12.6. The first kappa shape index (κ1) is 61.5. The average molecular weight is 1140 g/mol. The number of morpholine rings is 2. The van der Waals surface area contributed by atoms with E-state index < -0.39 is 70.7 Å². The van der Waals surface area contributed by atoms with Crippen LogP contribution in [0.15, 0.2) is 73.1 Å². The van der Waals surface area contributed by atoms with Gasteiger partial charge in [-0.2, -0.15) is 0 Å². The van der Waals surface area contributed by atoms with Gasteiger partial charge in [-0.25, -0.2) is 37.1 Å². The van der Waals surface area contributed by atoms with Crippen LogP contribution in [0, 0.1) is 23.3 Å². The maximum atomic E-state index is 13.8. The van der Waals surface area contributed by atoms with Gasteiger partial charge in [-0.15, -0.1) is 0 Å². The molecule has 0 saturated carbocycles. The van der Waals surface area contributed by atoms with Crippen molar-refractivity contribution in [2.75, 3.05) is 103 Å². The van der Waals surface area contributed by atoms with Crippen LogP contribution in [0.25, 0.3) is 22.1 Å². The molecule has 4 aromatic carbocycles. The summed E-state index contributed by atoms with van der Waals surface area (Å²) < 4.78 is 88.6. The number of hydrogen-bond acceptors (Lipinski definition) is 16. The van der Waals surface area contributed by atoms with Crippen molar-refractivity contribution >= 4 is 57.7 Å². The second kappa shape index (κ2) is 27.1. The van der Waals surface area contributed by atoms with Gasteiger partial charge in [-0.3, -0.25) is 19.6 Å². The van der Waals surface area contributed by atoms with Crippen LogP contribution in [0.4, 0.5) is 38.8 Å². The van der Waals surface area contributed by atoms with Crippen LogP contribution in [-0.2, 0) is 18.9 Å². The molecule has 440 valence electrons. The van der Waals surface area contributed by atoms with Gasteiger partial charge in [0.1, 0.15) is 69.8 Å². The van der Waals surface area contributed by atoms with E-state index in [1.54, 1.807) is 106 Å². The van der Waals surface area contributed by atoms with Gasteiger partial charge in [0, 0.05) is 125 Å². The third kappa shape index (κ3) is 17.4. The molecular weight excluding hydrogens is 1070 g/mol. The number of halogens is 4. The van der Waals surface area contributed by atoms with E-state index in [-0.39, 0.29) is 37.7 Å². The van der Waals surface area contributed by atoms with Gasteiger partial charge in [0.25, 0.3) is 11.8 Å². The molecule has 0 bridgehead atoms. The smallest absolute Gasteiger partial charge is 0.410 e. The lowest BCUT2D eigenvalue weighted by Gasteiger charge is -2.28. The lowest BCUT2D eigenvalue weighted by atomic mass is 10.0. The van der Waals surface area contributed by atoms with Crippen molar-refractivity contribution in [2.45, 2.75) is 78.8 Å². The number of carbonyl (C=O) groups excluding carboxylic acids is 4. The van der Waals surface area contributed by atoms with Crippen molar-refractivity contribution in [1.82, 2.24) is 40.4 Å². The Labute approximate surface area is 473 Å². The molecule has 2 saturated heterocycles. The zero-order chi connectivity index (χ0) is 59.5. The van der Waals surface area contributed by atoms with Crippen molar-refractivity contribution in [3.8, 4) is 11.5 Å². The zero-order valence-corrected chi connectivity index (χ0v) is 47.7. The maximum absolute atomic E-state index is 13.8. The number of amides is 4. The summed E-state index contributed by atoms with van der Waals surface area (Å²) >= 11 is 0. The molecule has 0 aliphatic carbocycles. The van der Waals surface area contributed by atoms with E-state index in [2.05, 4.69) is 30.4 Å². The molecule has 24 heteroatoms. The number of nitrogens with zero attached hydrogens (tertiary/aromatic N) is 8. The Balaban J connectivity index is 0.000000236. The highest BCUT2D eigenvalue weighted by Crippen LogP contribution is 2.32. The number of hydrogen-bond donors (Lipinski definition) is 2. The average Bonchev–Trinajstić information content (AvgIpc) is 2.76. The number of anilines is 2. The van der Waals surface area contributed by atoms with E-state index >= 15 is 0 Å². The number of carbonyl (C=O) groups is 4. The number of likely N-dealkylation sites (N-methyl/N-ethyl adjacent to an activating group) is 2. The molecule has 20 nitrogen and oxygen atoms in total. The highest BCUT2D eigenvalue weighted by Gasteiger charge is 2.25. The minimum atomic E-state index is -0.768. The highest BCUT2D eigenvalue weighted by atomic mass is 19.1. The molecule has 2 unspecified atom stereocenters. The van der Waals surface area contributed by atoms with Crippen molar-refractivity contribution in [2.24, 2.45) is 0 Å². The first-order valence-electron chi connectivity index (χ1n) is 26.8. The van der Waals surface area contributed by atoms with Crippen LogP contribution in [0.3, 0.4) is 0 Å². The molecular formula is C58H70F4N10O10. The second-order valence-electron chi connectivity index (χ2n) is 21.6. The molecule has 2 atom stereocenters. The summed E-state index contributed by atoms with van der Waals surface area (Å²) in [4.78, 5) is 76.4. The molecule has 0 radical (unpaired) electrons. The number of nitrogens with one attached hydrogen (secondary N) is 2. The van der Waals surface area contributed by atoms with Crippen molar-refractivity contribution in [3.05, 3.63) is 119 Å². The molecule has 2 aliphatic rings. The van der Waals surface area contributed by atoms with Gasteiger partial charge in [0.2, 0.25) is 0 Å². The Bertz CT molecular complexity index is 2990. The fourth-order valence-corrected chi connectivity index (χ4v) is 8.50. The topological polar surface area (TPSA) is 212 Å². The molecule has 2 fully saturated rings. The molecule has 82 heavy (non-hydrogen) atoms. The molecule has 2 aromatic heterocycles. The van der Waals surface area contributed by atoms with E-state index in [4.69, 9.17) is 38.4 Å². The van der Waals surface area contributed by atoms with E-state index in [0.29, 0.717) is 109 Å². The molecule has 4 amide bonds. The minimum absolute atomic E-state index is 0.000442. The third-order valence-corrected chi connectivity index (χ3v) is 12.6. The number of benzene rings is 4. The second-order valence-corrected chi connectivity index (χ2v) is 21.6. The summed E-state index contributed by atoms with van der Waals surface area (Å²) in [5.41, 5.74) is 2.27. The van der Waals surface area contributed by atoms with Crippen LogP contribution >= 0.6 is 0 Å². The number of rotatable bonds is 16. The predicted molar refractivity (Wildman–Crippen MR) is 298 cm³/mol. The normalized spacial score (nSPS) is 14.5. The van der Waals surface area contributed by atoms with Gasteiger partial charge in [0.05, 0.1) is 60.9 Å². The maximum Gasteiger partial charge on any atom is 0.410 e. The first-order chi connectivity index (χ1) is 38.8. The Morgan fingerprint density at radius 3 is 1.23 bits per heavy atom. The van der Waals surface area contributed by atoms with Crippen LogP contribution < -0.4 is 29.9 Å². The van der Waals surface area contributed by atoms with Crippen LogP contribution in [0.5, 0.6) is 11.5 Å². The van der Waals surface area contributed by atoms with Gasteiger partial charge in [0.15, 0.2) is 0 Å². The quantitative estimate of drug-likeness (QED) is 0.0866. The summed E-state index contributed by atoms with van der Waals surface area (Å²) in [7, 11) is 3.18. The fraction of sp³-hybridized carbons (Fsp3) is 0.448. The number of aromatic nitrogens is 4. The van der Waals surface area contributed by atoms with Gasteiger partial charge in [-0.05, 0) is 79.7 Å². The summed E-state index contributed by atoms with van der Waals surface area (Å²) in [5.74, 6) is -2.57. The Kier molecular flexibility index (Phi) is 20.3. The van der Waals surface area contributed by atoms with E-state index in [1.165, 1.54) is 9.80 Å². The van der Waals surface area contributed by atoms with Crippen molar-refractivity contribution in [3.63, 3.8) is 0 Å². The largest absolute Gasteiger partial charge is 0.486 e. The SMILES string of the molecule is CC(Oc1cc(F)cc(F)c1)c1cc(C(=O)NCCN(C)C(=O)OC(C)(C)C)cc2ncc(N3CCOCC3)nc12.CC(Oc1cc(F)cc(F)c1)c1cc(C(=O)NCCN(C)C(=O)OC(C)(C)C)cc2ncc(N3CCOCC3)nc12. The minimum Gasteiger partial charge on any atom is -0.486 e. The fourth-order valence-electron chi connectivity index (χ4n) is 8.50. The Morgan fingerprint density at radius 1 is 0.561 bits per heavy atom. The molecule has 2 N–H and O–H groups in total. The van der Waals surface area contributed by atoms with E-state index in [0.717, 1.165) is 36.4 Å². The Hall–Kier alpha value is -8.12. The molecule has 8 rings (SSSR count). The Morgan fingerprint density at radius 2 is 0.902 bits per heavy atom. The lowest BCUT2D eigenvalue weighted by Crippen LogP contribution is -2.39. The summed E-state index contributed by atoms with van der Waals surface area (Å²) in [6.07, 6.45) is 0.819. The first-order valence-corrected chi connectivity index (χ1v) is 26.8. The standard InChI is InChI=1S/2C29H35F2N5O5/c2*1-18(40-22-15-20(30)14-21(31)16-22)23-12-19(27(37)32-6-7-35(5)28(38)41-29(2,3)4)13-24-26(23)34-25(17-33-24)36-8-10-39-11-9-36/h2*12-18H,6-11H2,1-5H3,(H,32,37). The predicted octanol–water partition coefficient (Wildman–Crippen LogP) is 8.96. The van der Waals surface area contributed by atoms with Gasteiger partial charge >= 0.3 is 12.2 Å². The number of ether oxygens (including phenoxy) is 6. The zero-order valence-electron chi connectivity index (χ0n) is 47.7.